The molecule has 0 radical (unpaired) electrons. The van der Waals surface area contributed by atoms with Gasteiger partial charge in [-0.1, -0.05) is 20.8 Å². The van der Waals surface area contributed by atoms with Gasteiger partial charge in [0, 0.05) is 6.54 Å². The van der Waals surface area contributed by atoms with Crippen LogP contribution in [-0.2, 0) is 9.84 Å². The standard InChI is InChI=1S/C13H23N3O2S2/c1-4-7-20(17,18)10-11(14)16-19-12(10)15-8-13(5-6-13)9(2)3/h9,15H,4-8H2,1-3H3,(H2,14,16). The average Bonchev–Trinajstić information content (AvgIpc) is 3.05. The Kier molecular flexibility index (Phi) is 4.30. The van der Waals surface area contributed by atoms with Gasteiger partial charge in [0.2, 0.25) is 0 Å². The highest BCUT2D eigenvalue weighted by Crippen LogP contribution is 2.52. The molecule has 20 heavy (non-hydrogen) atoms. The molecule has 7 heteroatoms. The van der Waals surface area contributed by atoms with Gasteiger partial charge < -0.3 is 11.1 Å². The van der Waals surface area contributed by atoms with Crippen molar-refractivity contribution in [3.05, 3.63) is 0 Å². The molecule has 114 valence electrons. The Morgan fingerprint density at radius 3 is 2.60 bits per heavy atom. The molecular weight excluding hydrogens is 294 g/mol. The number of aromatic nitrogens is 1. The van der Waals surface area contributed by atoms with Crippen molar-refractivity contribution in [3.8, 4) is 0 Å². The molecular formula is C13H23N3O2S2. The van der Waals surface area contributed by atoms with Crippen molar-refractivity contribution in [1.82, 2.24) is 4.37 Å². The normalized spacial score (nSPS) is 17.4. The molecule has 0 aromatic carbocycles. The van der Waals surface area contributed by atoms with E-state index in [1.54, 1.807) is 0 Å². The second-order valence-electron chi connectivity index (χ2n) is 5.92. The minimum atomic E-state index is -3.34. The fourth-order valence-corrected chi connectivity index (χ4v) is 5.07. The third-order valence-electron chi connectivity index (χ3n) is 4.18. The summed E-state index contributed by atoms with van der Waals surface area (Å²) in [5.41, 5.74) is 6.06. The Labute approximate surface area is 125 Å². The largest absolute Gasteiger partial charge is 0.382 e. The summed E-state index contributed by atoms with van der Waals surface area (Å²) in [6.45, 7) is 7.06. The van der Waals surface area contributed by atoms with Crippen molar-refractivity contribution >= 4 is 32.2 Å². The van der Waals surface area contributed by atoms with Gasteiger partial charge in [0.05, 0.1) is 5.75 Å². The summed E-state index contributed by atoms with van der Waals surface area (Å²) < 4.78 is 28.5. The quantitative estimate of drug-likeness (QED) is 0.807. The minimum Gasteiger partial charge on any atom is -0.382 e. The van der Waals surface area contributed by atoms with E-state index < -0.39 is 9.84 Å². The number of nitrogen functional groups attached to an aromatic ring is 1. The van der Waals surface area contributed by atoms with Crippen LogP contribution in [0.5, 0.6) is 0 Å². The van der Waals surface area contributed by atoms with Gasteiger partial charge in [-0.3, -0.25) is 0 Å². The Bertz CT molecular complexity index is 574. The van der Waals surface area contributed by atoms with Crippen LogP contribution in [0, 0.1) is 11.3 Å². The van der Waals surface area contributed by atoms with Crippen molar-refractivity contribution in [2.45, 2.75) is 44.9 Å². The molecule has 1 saturated carbocycles. The molecule has 0 saturated heterocycles. The molecule has 0 bridgehead atoms. The van der Waals surface area contributed by atoms with Crippen molar-refractivity contribution in [1.29, 1.82) is 0 Å². The molecule has 0 spiro atoms. The third kappa shape index (κ3) is 2.93. The number of anilines is 2. The topological polar surface area (TPSA) is 85.1 Å². The van der Waals surface area contributed by atoms with Crippen LogP contribution in [0.3, 0.4) is 0 Å². The van der Waals surface area contributed by atoms with Crippen LogP contribution in [0.15, 0.2) is 4.90 Å². The fraction of sp³-hybridized carbons (Fsp3) is 0.769. The van der Waals surface area contributed by atoms with Crippen molar-refractivity contribution < 1.29 is 8.42 Å². The predicted molar refractivity (Wildman–Crippen MR) is 83.9 cm³/mol. The van der Waals surface area contributed by atoms with E-state index >= 15 is 0 Å². The molecule has 2 rings (SSSR count). The Balaban J connectivity index is 2.18. The van der Waals surface area contributed by atoms with Gasteiger partial charge >= 0.3 is 0 Å². The molecule has 1 aliphatic rings. The average molecular weight is 317 g/mol. The molecule has 0 aliphatic heterocycles. The first-order chi connectivity index (χ1) is 9.32. The van der Waals surface area contributed by atoms with Crippen LogP contribution in [0.2, 0.25) is 0 Å². The van der Waals surface area contributed by atoms with Crippen LogP contribution in [0.1, 0.15) is 40.0 Å². The predicted octanol–water partition coefficient (Wildman–Crippen LogP) is 2.76. The molecule has 1 aliphatic carbocycles. The smallest absolute Gasteiger partial charge is 0.185 e. The Morgan fingerprint density at radius 2 is 2.10 bits per heavy atom. The van der Waals surface area contributed by atoms with Crippen LogP contribution >= 0.6 is 11.5 Å². The van der Waals surface area contributed by atoms with E-state index in [9.17, 15) is 8.42 Å². The summed E-state index contributed by atoms with van der Waals surface area (Å²) in [6.07, 6.45) is 2.97. The van der Waals surface area contributed by atoms with Crippen LogP contribution in [0.4, 0.5) is 10.8 Å². The highest BCUT2D eigenvalue weighted by atomic mass is 32.2. The van der Waals surface area contributed by atoms with Gasteiger partial charge in [-0.25, -0.2) is 8.42 Å². The molecule has 3 N–H and O–H groups in total. The summed E-state index contributed by atoms with van der Waals surface area (Å²) in [6, 6.07) is 0. The van der Waals surface area contributed by atoms with Crippen LogP contribution in [-0.4, -0.2) is 25.1 Å². The molecule has 0 atom stereocenters. The number of nitrogens with one attached hydrogen (secondary N) is 1. The second kappa shape index (κ2) is 5.52. The molecule has 5 nitrogen and oxygen atoms in total. The second-order valence-corrected chi connectivity index (χ2v) is 8.73. The first-order valence-corrected chi connectivity index (χ1v) is 9.47. The van der Waals surface area contributed by atoms with Gasteiger partial charge in [-0.05, 0) is 42.1 Å². The highest BCUT2D eigenvalue weighted by molar-refractivity contribution is 7.91. The number of rotatable bonds is 7. The minimum absolute atomic E-state index is 0.111. The molecule has 1 heterocycles. The van der Waals surface area contributed by atoms with Crippen molar-refractivity contribution in [3.63, 3.8) is 0 Å². The summed E-state index contributed by atoms with van der Waals surface area (Å²) in [7, 11) is -3.34. The fourth-order valence-electron chi connectivity index (χ4n) is 2.45. The van der Waals surface area contributed by atoms with E-state index in [1.807, 2.05) is 6.92 Å². The number of nitrogens with two attached hydrogens (primary N) is 1. The number of hydrogen-bond donors (Lipinski definition) is 2. The van der Waals surface area contributed by atoms with Crippen molar-refractivity contribution in [2.75, 3.05) is 23.3 Å². The third-order valence-corrected chi connectivity index (χ3v) is 7.11. The van der Waals surface area contributed by atoms with Crippen LogP contribution in [0.25, 0.3) is 0 Å². The first-order valence-electron chi connectivity index (χ1n) is 7.04. The van der Waals surface area contributed by atoms with E-state index in [4.69, 9.17) is 5.73 Å². The maximum Gasteiger partial charge on any atom is 0.185 e. The highest BCUT2D eigenvalue weighted by Gasteiger charge is 2.45. The van der Waals surface area contributed by atoms with Gasteiger partial charge in [0.25, 0.3) is 0 Å². The molecule has 0 unspecified atom stereocenters. The lowest BCUT2D eigenvalue weighted by Crippen LogP contribution is -2.21. The zero-order chi connectivity index (χ0) is 15.0. The molecule has 1 aromatic rings. The number of sulfone groups is 1. The van der Waals surface area contributed by atoms with Crippen LogP contribution < -0.4 is 11.1 Å². The van der Waals surface area contributed by atoms with Gasteiger partial charge in [0.1, 0.15) is 9.90 Å². The molecule has 1 aromatic heterocycles. The number of hydrogen-bond acceptors (Lipinski definition) is 6. The summed E-state index contributed by atoms with van der Waals surface area (Å²) in [5.74, 6) is 0.830. The Hall–Kier alpha value is -0.820. The molecule has 0 amide bonds. The van der Waals surface area contributed by atoms with Gasteiger partial charge in [0.15, 0.2) is 15.7 Å². The van der Waals surface area contributed by atoms with E-state index in [0.717, 1.165) is 18.1 Å². The Morgan fingerprint density at radius 1 is 1.45 bits per heavy atom. The monoisotopic (exact) mass is 317 g/mol. The summed E-state index contributed by atoms with van der Waals surface area (Å²) >= 11 is 1.14. The SMILES string of the molecule is CCCS(=O)(=O)c1c(N)nsc1NCC1(C(C)C)CC1. The lowest BCUT2D eigenvalue weighted by Gasteiger charge is -2.20. The lowest BCUT2D eigenvalue weighted by atomic mass is 9.92. The van der Waals surface area contributed by atoms with E-state index in [0.29, 0.717) is 22.8 Å². The zero-order valence-corrected chi connectivity index (χ0v) is 13.9. The van der Waals surface area contributed by atoms with E-state index in [1.165, 1.54) is 12.8 Å². The molecule has 1 fully saturated rings. The van der Waals surface area contributed by atoms with E-state index in [2.05, 4.69) is 23.5 Å². The van der Waals surface area contributed by atoms with E-state index in [-0.39, 0.29) is 16.5 Å². The van der Waals surface area contributed by atoms with Gasteiger partial charge in [-0.2, -0.15) is 4.37 Å². The first kappa shape index (κ1) is 15.6. The van der Waals surface area contributed by atoms with Crippen molar-refractivity contribution in [2.24, 2.45) is 11.3 Å². The zero-order valence-electron chi connectivity index (χ0n) is 12.3. The maximum absolute atomic E-state index is 12.3. The lowest BCUT2D eigenvalue weighted by molar-refractivity contribution is 0.380. The summed E-state index contributed by atoms with van der Waals surface area (Å²) in [5, 5.41) is 3.88. The van der Waals surface area contributed by atoms with Gasteiger partial charge in [-0.15, -0.1) is 0 Å². The number of nitrogens with zero attached hydrogens (tertiary/aromatic N) is 1. The maximum atomic E-state index is 12.3. The summed E-state index contributed by atoms with van der Waals surface area (Å²) in [4.78, 5) is 0.198.